The Morgan fingerprint density at radius 2 is 2.22 bits per heavy atom. The molecule has 1 amide bonds. The van der Waals surface area contributed by atoms with Gasteiger partial charge in [0.1, 0.15) is 11.8 Å². The van der Waals surface area contributed by atoms with E-state index in [9.17, 15) is 4.79 Å². The number of rotatable bonds is 4. The molecule has 96 valence electrons. The fraction of sp³-hybridized carbons (Fsp3) is 0.333. The second-order valence-electron chi connectivity index (χ2n) is 4.04. The maximum Gasteiger partial charge on any atom is 0.275 e. The Balaban J connectivity index is 3.04. The first-order valence-corrected chi connectivity index (χ1v) is 5.74. The van der Waals surface area contributed by atoms with Gasteiger partial charge in [0.25, 0.3) is 5.91 Å². The molecule has 0 radical (unpaired) electrons. The van der Waals surface area contributed by atoms with Gasteiger partial charge in [-0.1, -0.05) is 25.4 Å². The monoisotopic (exact) mass is 267 g/mol. The summed E-state index contributed by atoms with van der Waals surface area (Å²) in [7, 11) is 0. The number of amides is 1. The molecule has 0 fully saturated rings. The lowest BCUT2D eigenvalue weighted by Gasteiger charge is -2.21. The quantitative estimate of drug-likeness (QED) is 0.493. The van der Waals surface area contributed by atoms with E-state index in [4.69, 9.17) is 27.4 Å². The number of hydrazine groups is 1. The summed E-state index contributed by atoms with van der Waals surface area (Å²) < 4.78 is 5.53. The van der Waals surface area contributed by atoms with E-state index in [2.05, 4.69) is 0 Å². The first-order valence-electron chi connectivity index (χ1n) is 5.36. The molecule has 0 saturated heterocycles. The van der Waals surface area contributed by atoms with E-state index in [1.54, 1.807) is 6.07 Å². The second-order valence-corrected chi connectivity index (χ2v) is 4.48. The lowest BCUT2D eigenvalue weighted by Crippen LogP contribution is -2.44. The van der Waals surface area contributed by atoms with Gasteiger partial charge in [0.05, 0.1) is 5.56 Å². The van der Waals surface area contributed by atoms with Crippen LogP contribution in [0.1, 0.15) is 19.4 Å². The topological polar surface area (TPSA) is 88.1 Å². The normalized spacial score (nSPS) is 11.8. The summed E-state index contributed by atoms with van der Waals surface area (Å²) in [5.74, 6) is 4.82. The molecule has 0 spiro atoms. The maximum atomic E-state index is 11.6. The Labute approximate surface area is 110 Å². The minimum Gasteiger partial charge on any atom is -0.479 e. The molecule has 0 heterocycles. The fourth-order valence-electron chi connectivity index (χ4n) is 1.40. The van der Waals surface area contributed by atoms with E-state index in [0.29, 0.717) is 10.6 Å². The lowest BCUT2D eigenvalue weighted by molar-refractivity contribution is -0.129. The molecule has 1 unspecified atom stereocenters. The molecule has 5 nitrogen and oxygen atoms in total. The first-order chi connectivity index (χ1) is 8.49. The third kappa shape index (κ3) is 3.36. The van der Waals surface area contributed by atoms with Gasteiger partial charge < -0.3 is 4.74 Å². The number of nitrogens with one attached hydrogen (secondary N) is 1. The minimum atomic E-state index is -0.777. The van der Waals surface area contributed by atoms with Gasteiger partial charge in [-0.15, -0.1) is 0 Å². The van der Waals surface area contributed by atoms with Gasteiger partial charge in [0.15, 0.2) is 6.10 Å². The molecule has 0 aromatic heterocycles. The van der Waals surface area contributed by atoms with Gasteiger partial charge in [-0.25, -0.2) is 5.84 Å². The highest BCUT2D eigenvalue weighted by atomic mass is 35.5. The number of nitrogens with zero attached hydrogens (tertiary/aromatic N) is 1. The van der Waals surface area contributed by atoms with Crippen molar-refractivity contribution in [2.75, 3.05) is 0 Å². The van der Waals surface area contributed by atoms with Crippen LogP contribution >= 0.6 is 11.6 Å². The Morgan fingerprint density at radius 3 is 2.72 bits per heavy atom. The van der Waals surface area contributed by atoms with E-state index < -0.39 is 12.0 Å². The van der Waals surface area contributed by atoms with Crippen molar-refractivity contribution in [2.24, 2.45) is 11.8 Å². The molecule has 18 heavy (non-hydrogen) atoms. The van der Waals surface area contributed by atoms with Crippen molar-refractivity contribution in [3.05, 3.63) is 28.8 Å². The van der Waals surface area contributed by atoms with E-state index in [0.717, 1.165) is 0 Å². The van der Waals surface area contributed by atoms with Crippen molar-refractivity contribution in [1.82, 2.24) is 5.43 Å². The van der Waals surface area contributed by atoms with Crippen LogP contribution in [0.4, 0.5) is 0 Å². The summed E-state index contributed by atoms with van der Waals surface area (Å²) in [4.78, 5) is 11.6. The fourth-order valence-corrected chi connectivity index (χ4v) is 1.56. The molecule has 6 heteroatoms. The van der Waals surface area contributed by atoms with Crippen LogP contribution in [-0.4, -0.2) is 12.0 Å². The highest BCUT2D eigenvalue weighted by Crippen LogP contribution is 2.25. The molecule has 3 N–H and O–H groups in total. The largest absolute Gasteiger partial charge is 0.479 e. The highest BCUT2D eigenvalue weighted by molar-refractivity contribution is 6.30. The van der Waals surface area contributed by atoms with E-state index >= 15 is 0 Å². The number of hydrogen-bond acceptors (Lipinski definition) is 4. The highest BCUT2D eigenvalue weighted by Gasteiger charge is 2.24. The smallest absolute Gasteiger partial charge is 0.275 e. The van der Waals surface area contributed by atoms with Crippen molar-refractivity contribution in [1.29, 1.82) is 5.26 Å². The zero-order valence-electron chi connectivity index (χ0n) is 10.1. The summed E-state index contributed by atoms with van der Waals surface area (Å²) in [6.45, 7) is 3.63. The average Bonchev–Trinajstić information content (AvgIpc) is 2.34. The van der Waals surface area contributed by atoms with E-state index in [-0.39, 0.29) is 11.7 Å². The number of nitriles is 1. The Hall–Kier alpha value is -1.77. The summed E-state index contributed by atoms with van der Waals surface area (Å²) in [5, 5.41) is 9.39. The van der Waals surface area contributed by atoms with Crippen LogP contribution in [0.5, 0.6) is 5.75 Å². The van der Waals surface area contributed by atoms with Crippen LogP contribution < -0.4 is 16.0 Å². The number of hydrogen-bond donors (Lipinski definition) is 2. The van der Waals surface area contributed by atoms with Crippen molar-refractivity contribution in [2.45, 2.75) is 20.0 Å². The Kier molecular flexibility index (Phi) is 4.95. The Bertz CT molecular complexity index is 483. The molecule has 0 aliphatic rings. The third-order valence-electron chi connectivity index (χ3n) is 2.32. The standard InChI is InChI=1S/C12H14ClN3O2/c1-7(2)11(12(17)16-15)18-10-5-9(13)4-3-8(10)6-14/h3-5,7,11H,15H2,1-2H3,(H,16,17). The number of halogens is 1. The van der Waals surface area contributed by atoms with Gasteiger partial charge in [0, 0.05) is 11.1 Å². The molecular formula is C12H14ClN3O2. The van der Waals surface area contributed by atoms with Crippen LogP contribution in [0.25, 0.3) is 0 Å². The summed E-state index contributed by atoms with van der Waals surface area (Å²) in [5.41, 5.74) is 2.35. The molecule has 1 aromatic rings. The summed E-state index contributed by atoms with van der Waals surface area (Å²) >= 11 is 5.84. The number of carbonyl (C=O) groups is 1. The molecule has 0 bridgehead atoms. The third-order valence-corrected chi connectivity index (χ3v) is 2.56. The van der Waals surface area contributed by atoms with Crippen LogP contribution in [0.15, 0.2) is 18.2 Å². The van der Waals surface area contributed by atoms with Gasteiger partial charge >= 0.3 is 0 Å². The number of carbonyl (C=O) groups excluding carboxylic acids is 1. The summed E-state index contributed by atoms with van der Waals surface area (Å²) in [6.07, 6.45) is -0.777. The predicted molar refractivity (Wildman–Crippen MR) is 67.8 cm³/mol. The molecule has 1 rings (SSSR count). The zero-order valence-corrected chi connectivity index (χ0v) is 10.9. The van der Waals surface area contributed by atoms with Gasteiger partial charge in [-0.3, -0.25) is 10.2 Å². The average molecular weight is 268 g/mol. The first kappa shape index (κ1) is 14.3. The number of ether oxygens (including phenoxy) is 1. The van der Waals surface area contributed by atoms with Crippen molar-refractivity contribution >= 4 is 17.5 Å². The SMILES string of the molecule is CC(C)C(Oc1cc(Cl)ccc1C#N)C(=O)NN. The number of benzene rings is 1. The molecule has 0 aliphatic carbocycles. The van der Waals surface area contributed by atoms with E-state index in [1.165, 1.54) is 12.1 Å². The lowest BCUT2D eigenvalue weighted by atomic mass is 10.1. The van der Waals surface area contributed by atoms with Crippen LogP contribution in [0, 0.1) is 17.2 Å². The Morgan fingerprint density at radius 1 is 1.56 bits per heavy atom. The minimum absolute atomic E-state index is 0.0981. The maximum absolute atomic E-state index is 11.6. The molecule has 0 saturated carbocycles. The van der Waals surface area contributed by atoms with Gasteiger partial charge in [-0.2, -0.15) is 5.26 Å². The van der Waals surface area contributed by atoms with Gasteiger partial charge in [-0.05, 0) is 18.1 Å². The summed E-state index contributed by atoms with van der Waals surface area (Å²) in [6, 6.07) is 6.60. The predicted octanol–water partition coefficient (Wildman–Crippen LogP) is 1.60. The van der Waals surface area contributed by atoms with Crippen LogP contribution in [0.2, 0.25) is 5.02 Å². The molecule has 0 aliphatic heterocycles. The molecule has 1 aromatic carbocycles. The van der Waals surface area contributed by atoms with Crippen molar-refractivity contribution in [3.63, 3.8) is 0 Å². The molecule has 1 atom stereocenters. The van der Waals surface area contributed by atoms with Crippen molar-refractivity contribution in [3.8, 4) is 11.8 Å². The molecular weight excluding hydrogens is 254 g/mol. The number of nitrogens with two attached hydrogens (primary N) is 1. The van der Waals surface area contributed by atoms with Crippen molar-refractivity contribution < 1.29 is 9.53 Å². The van der Waals surface area contributed by atoms with Gasteiger partial charge in [0.2, 0.25) is 0 Å². The van der Waals surface area contributed by atoms with Crippen LogP contribution in [0.3, 0.4) is 0 Å². The second kappa shape index (κ2) is 6.24. The van der Waals surface area contributed by atoms with E-state index in [1.807, 2.05) is 25.3 Å². The zero-order chi connectivity index (χ0) is 13.7. The van der Waals surface area contributed by atoms with Crippen LogP contribution in [-0.2, 0) is 4.79 Å².